The third kappa shape index (κ3) is 2.91. The highest BCUT2D eigenvalue weighted by Crippen LogP contribution is 2.37. The first kappa shape index (κ1) is 15.7. The number of hydrogen-bond acceptors (Lipinski definition) is 7. The van der Waals surface area contributed by atoms with E-state index in [1.165, 1.54) is 0 Å². The summed E-state index contributed by atoms with van der Waals surface area (Å²) >= 11 is 0. The summed E-state index contributed by atoms with van der Waals surface area (Å²) in [4.78, 5) is 6.36. The minimum absolute atomic E-state index is 0.123. The molecule has 1 spiro atoms. The Balaban J connectivity index is 1.20. The molecule has 0 bridgehead atoms. The summed E-state index contributed by atoms with van der Waals surface area (Å²) in [6.07, 6.45) is 7.33. The number of rotatable bonds is 4. The molecule has 134 valence electrons. The van der Waals surface area contributed by atoms with Crippen molar-refractivity contribution in [2.24, 2.45) is 0 Å². The maximum atomic E-state index is 6.11. The summed E-state index contributed by atoms with van der Waals surface area (Å²) in [5.41, 5.74) is 1.73. The van der Waals surface area contributed by atoms with Crippen LogP contribution in [0.1, 0.15) is 18.4 Å². The molecule has 26 heavy (non-hydrogen) atoms. The van der Waals surface area contributed by atoms with E-state index in [2.05, 4.69) is 25.2 Å². The summed E-state index contributed by atoms with van der Waals surface area (Å²) in [6, 6.07) is 7.89. The van der Waals surface area contributed by atoms with Gasteiger partial charge in [0.1, 0.15) is 17.7 Å². The number of pyridine rings is 1. The van der Waals surface area contributed by atoms with Crippen LogP contribution in [-0.4, -0.2) is 56.2 Å². The van der Waals surface area contributed by atoms with Gasteiger partial charge in [0.15, 0.2) is 5.65 Å². The topological polar surface area (TPSA) is 77.7 Å². The molecule has 3 aromatic heterocycles. The summed E-state index contributed by atoms with van der Waals surface area (Å²) in [7, 11) is 0. The van der Waals surface area contributed by atoms with Gasteiger partial charge in [-0.15, -0.1) is 15.3 Å². The molecule has 5 heterocycles. The van der Waals surface area contributed by atoms with E-state index in [0.717, 1.165) is 49.6 Å². The minimum atomic E-state index is -0.123. The second kappa shape index (κ2) is 6.30. The van der Waals surface area contributed by atoms with Crippen molar-refractivity contribution < 1.29 is 9.47 Å². The van der Waals surface area contributed by atoms with Crippen molar-refractivity contribution in [1.29, 1.82) is 0 Å². The molecular weight excluding hydrogens is 332 g/mol. The summed E-state index contributed by atoms with van der Waals surface area (Å²) in [5, 5.41) is 12.4. The van der Waals surface area contributed by atoms with Gasteiger partial charge in [-0.1, -0.05) is 6.07 Å². The Morgan fingerprint density at radius 3 is 3.12 bits per heavy atom. The minimum Gasteiger partial charge on any atom is -0.373 e. The van der Waals surface area contributed by atoms with Crippen molar-refractivity contribution in [3.05, 3.63) is 48.5 Å². The first-order chi connectivity index (χ1) is 12.8. The van der Waals surface area contributed by atoms with Crippen LogP contribution >= 0.6 is 0 Å². The predicted molar refractivity (Wildman–Crippen MR) is 93.7 cm³/mol. The average Bonchev–Trinajstić information content (AvgIpc) is 3.13. The van der Waals surface area contributed by atoms with Crippen LogP contribution in [0, 0.1) is 0 Å². The van der Waals surface area contributed by atoms with Gasteiger partial charge in [0.25, 0.3) is 0 Å². The number of aromatic nitrogens is 5. The third-order valence-corrected chi connectivity index (χ3v) is 5.09. The Kier molecular flexibility index (Phi) is 3.79. The fourth-order valence-electron chi connectivity index (χ4n) is 3.74. The Labute approximate surface area is 150 Å². The predicted octanol–water partition coefficient (Wildman–Crippen LogP) is 1.47. The highest BCUT2D eigenvalue weighted by atomic mass is 16.5. The summed E-state index contributed by atoms with van der Waals surface area (Å²) in [5.74, 6) is 0.921. The van der Waals surface area contributed by atoms with E-state index in [0.29, 0.717) is 6.61 Å². The quantitative estimate of drug-likeness (QED) is 0.704. The van der Waals surface area contributed by atoms with Crippen LogP contribution in [0.25, 0.3) is 5.65 Å². The van der Waals surface area contributed by atoms with Crippen LogP contribution in [-0.2, 0) is 16.1 Å². The van der Waals surface area contributed by atoms with Crippen LogP contribution in [0.3, 0.4) is 0 Å². The van der Waals surface area contributed by atoms with Gasteiger partial charge < -0.3 is 14.4 Å². The van der Waals surface area contributed by atoms with E-state index >= 15 is 0 Å². The van der Waals surface area contributed by atoms with Crippen LogP contribution in [0.5, 0.6) is 0 Å². The van der Waals surface area contributed by atoms with Gasteiger partial charge in [-0.05, 0) is 30.2 Å². The highest BCUT2D eigenvalue weighted by Gasteiger charge is 2.48. The molecule has 5 rings (SSSR count). The number of anilines is 1. The zero-order valence-electron chi connectivity index (χ0n) is 14.4. The Morgan fingerprint density at radius 2 is 2.23 bits per heavy atom. The zero-order chi connectivity index (χ0) is 17.4. The molecule has 8 heteroatoms. The maximum Gasteiger partial charge on any atom is 0.177 e. The molecule has 0 radical (unpaired) electrons. The molecule has 0 aliphatic carbocycles. The number of hydrogen-bond donors (Lipinski definition) is 0. The van der Waals surface area contributed by atoms with E-state index in [9.17, 15) is 0 Å². The normalized spacial score (nSPS) is 21.8. The van der Waals surface area contributed by atoms with E-state index in [1.807, 2.05) is 30.5 Å². The van der Waals surface area contributed by atoms with Gasteiger partial charge >= 0.3 is 0 Å². The molecule has 0 N–H and O–H groups in total. The van der Waals surface area contributed by atoms with Crippen LogP contribution < -0.4 is 4.90 Å². The van der Waals surface area contributed by atoms with Gasteiger partial charge in [-0.2, -0.15) is 4.52 Å². The van der Waals surface area contributed by atoms with Crippen molar-refractivity contribution in [3.63, 3.8) is 0 Å². The smallest absolute Gasteiger partial charge is 0.177 e. The second-order valence-corrected chi connectivity index (χ2v) is 7.00. The first-order valence-electron chi connectivity index (χ1n) is 8.86. The Hall–Kier alpha value is -2.58. The largest absolute Gasteiger partial charge is 0.373 e. The van der Waals surface area contributed by atoms with Gasteiger partial charge in [0, 0.05) is 25.4 Å². The lowest BCUT2D eigenvalue weighted by Gasteiger charge is -2.53. The van der Waals surface area contributed by atoms with Crippen molar-refractivity contribution in [2.45, 2.75) is 31.2 Å². The molecule has 2 aliphatic rings. The molecule has 2 aliphatic heterocycles. The highest BCUT2D eigenvalue weighted by molar-refractivity contribution is 5.48. The Bertz CT molecular complexity index is 893. The number of nitrogens with zero attached hydrogens (tertiary/aromatic N) is 6. The molecule has 1 unspecified atom stereocenters. The fraction of sp³-hybridized carbons (Fsp3) is 0.444. The Morgan fingerprint density at radius 1 is 1.27 bits per heavy atom. The molecule has 3 aromatic rings. The van der Waals surface area contributed by atoms with E-state index in [-0.39, 0.29) is 11.7 Å². The molecule has 0 saturated carbocycles. The summed E-state index contributed by atoms with van der Waals surface area (Å²) < 4.78 is 13.9. The SMILES string of the molecule is c1cncc(COC2CCOC3(C2)CN(c2ccc4nncn4n2)C3)c1. The van der Waals surface area contributed by atoms with Gasteiger partial charge in [0.05, 0.1) is 25.8 Å². The van der Waals surface area contributed by atoms with Crippen LogP contribution in [0.15, 0.2) is 43.0 Å². The van der Waals surface area contributed by atoms with Crippen molar-refractivity contribution in [3.8, 4) is 0 Å². The lowest BCUT2D eigenvalue weighted by molar-refractivity contribution is -0.148. The zero-order valence-corrected chi connectivity index (χ0v) is 14.4. The summed E-state index contributed by atoms with van der Waals surface area (Å²) in [6.45, 7) is 3.01. The number of ether oxygens (including phenoxy) is 2. The molecule has 2 saturated heterocycles. The molecule has 1 atom stereocenters. The van der Waals surface area contributed by atoms with Gasteiger partial charge in [-0.25, -0.2) is 0 Å². The maximum absolute atomic E-state index is 6.11. The van der Waals surface area contributed by atoms with Gasteiger partial charge in [-0.3, -0.25) is 4.98 Å². The molecular formula is C18H20N6O2. The van der Waals surface area contributed by atoms with Crippen LogP contribution in [0.2, 0.25) is 0 Å². The molecule has 0 aromatic carbocycles. The van der Waals surface area contributed by atoms with Crippen LogP contribution in [0.4, 0.5) is 5.82 Å². The lowest BCUT2D eigenvalue weighted by atomic mass is 9.84. The standard InChI is InChI=1S/C18H20N6O2/c1-2-14(9-19-6-1)10-25-15-5-7-26-18(8-15)11-23(12-18)17-4-3-16-21-20-13-24(16)22-17/h1-4,6,9,13,15H,5,7-8,10-12H2. The van der Waals surface area contributed by atoms with E-state index in [4.69, 9.17) is 9.47 Å². The van der Waals surface area contributed by atoms with Crippen molar-refractivity contribution >= 4 is 11.5 Å². The lowest BCUT2D eigenvalue weighted by Crippen LogP contribution is -2.66. The third-order valence-electron chi connectivity index (χ3n) is 5.09. The fourth-order valence-corrected chi connectivity index (χ4v) is 3.74. The average molecular weight is 352 g/mol. The van der Waals surface area contributed by atoms with E-state index < -0.39 is 0 Å². The van der Waals surface area contributed by atoms with Crippen molar-refractivity contribution in [2.75, 3.05) is 24.6 Å². The van der Waals surface area contributed by atoms with Gasteiger partial charge in [0.2, 0.25) is 0 Å². The monoisotopic (exact) mass is 352 g/mol. The second-order valence-electron chi connectivity index (χ2n) is 7.00. The molecule has 8 nitrogen and oxygen atoms in total. The van der Waals surface area contributed by atoms with E-state index in [1.54, 1.807) is 17.0 Å². The molecule has 2 fully saturated rings. The molecule has 0 amide bonds. The van der Waals surface area contributed by atoms with Crippen molar-refractivity contribution in [1.82, 2.24) is 24.8 Å². The first-order valence-corrected chi connectivity index (χ1v) is 8.86. The number of fused-ring (bicyclic) bond motifs is 1.